The maximum atomic E-state index is 12.1. The number of carboxylic acids is 1. The van der Waals surface area contributed by atoms with E-state index in [-0.39, 0.29) is 12.5 Å². The van der Waals surface area contributed by atoms with Crippen LogP contribution in [-0.2, 0) is 4.79 Å². The topological polar surface area (TPSA) is 79.3 Å². The van der Waals surface area contributed by atoms with Crippen LogP contribution in [0.3, 0.4) is 0 Å². The molecule has 2 aromatic rings. The summed E-state index contributed by atoms with van der Waals surface area (Å²) in [6.45, 7) is 0.174. The third-order valence-electron chi connectivity index (χ3n) is 3.74. The highest BCUT2D eigenvalue weighted by atomic mass is 32.1. The smallest absolute Gasteiger partial charge is 0.308 e. The fraction of sp³-hybridized carbons (Fsp3) is 0.400. The second kappa shape index (κ2) is 5.81. The quantitative estimate of drug-likeness (QED) is 0.859. The Morgan fingerprint density at radius 2 is 2.29 bits per heavy atom. The molecule has 1 aliphatic carbocycles. The number of hydrogen-bond acceptors (Lipinski definition) is 4. The Labute approximate surface area is 126 Å². The molecule has 1 saturated carbocycles. The van der Waals surface area contributed by atoms with Gasteiger partial charge in [0.1, 0.15) is 0 Å². The summed E-state index contributed by atoms with van der Waals surface area (Å²) in [5.74, 6) is -1.08. The average molecular weight is 304 g/mol. The number of carbonyl (C=O) groups excluding carboxylic acids is 1. The van der Waals surface area contributed by atoms with Crippen LogP contribution in [0.2, 0.25) is 0 Å². The minimum Gasteiger partial charge on any atom is -0.481 e. The van der Waals surface area contributed by atoms with Gasteiger partial charge in [-0.05, 0) is 29.9 Å². The van der Waals surface area contributed by atoms with Crippen LogP contribution in [0.5, 0.6) is 0 Å². The first-order valence-electron chi connectivity index (χ1n) is 6.97. The first-order valence-corrected chi connectivity index (χ1v) is 7.85. The summed E-state index contributed by atoms with van der Waals surface area (Å²) in [5, 5.41) is 13.8. The molecule has 2 aromatic heterocycles. The zero-order valence-corrected chi connectivity index (χ0v) is 12.2. The summed E-state index contributed by atoms with van der Waals surface area (Å²) in [5.41, 5.74) is 1.34. The van der Waals surface area contributed by atoms with Gasteiger partial charge < -0.3 is 10.4 Å². The van der Waals surface area contributed by atoms with Crippen molar-refractivity contribution in [1.29, 1.82) is 0 Å². The van der Waals surface area contributed by atoms with Crippen LogP contribution in [0.4, 0.5) is 0 Å². The molecule has 1 fully saturated rings. The van der Waals surface area contributed by atoms with Gasteiger partial charge in [-0.1, -0.05) is 12.8 Å². The van der Waals surface area contributed by atoms with E-state index in [2.05, 4.69) is 10.3 Å². The van der Waals surface area contributed by atoms with Crippen LogP contribution < -0.4 is 5.32 Å². The molecule has 0 aromatic carbocycles. The van der Waals surface area contributed by atoms with Crippen LogP contribution in [0.1, 0.15) is 29.6 Å². The van der Waals surface area contributed by atoms with Crippen molar-refractivity contribution in [3.63, 3.8) is 0 Å². The Kier molecular flexibility index (Phi) is 3.88. The lowest BCUT2D eigenvalue weighted by Gasteiger charge is -2.12. The molecule has 3 rings (SSSR count). The van der Waals surface area contributed by atoms with Gasteiger partial charge in [0.25, 0.3) is 5.91 Å². The van der Waals surface area contributed by atoms with Gasteiger partial charge in [-0.2, -0.15) is 0 Å². The lowest BCUT2D eigenvalue weighted by Crippen LogP contribution is -2.33. The molecule has 2 N–H and O–H groups in total. The summed E-state index contributed by atoms with van der Waals surface area (Å²) in [6.07, 6.45) is 4.40. The number of carboxylic acid groups (broad SMARTS) is 1. The van der Waals surface area contributed by atoms with Gasteiger partial charge in [-0.25, -0.2) is 0 Å². The molecule has 1 atom stereocenters. The van der Waals surface area contributed by atoms with Crippen molar-refractivity contribution in [1.82, 2.24) is 10.3 Å². The minimum absolute atomic E-state index is 0.174. The van der Waals surface area contributed by atoms with Gasteiger partial charge in [0.2, 0.25) is 0 Å². The largest absolute Gasteiger partial charge is 0.481 e. The number of nitrogens with zero attached hydrogens (tertiary/aromatic N) is 1. The molecular weight excluding hydrogens is 288 g/mol. The molecule has 1 amide bonds. The molecule has 21 heavy (non-hydrogen) atoms. The Morgan fingerprint density at radius 1 is 1.48 bits per heavy atom. The highest BCUT2D eigenvalue weighted by Crippen LogP contribution is 2.35. The fourth-order valence-electron chi connectivity index (χ4n) is 2.32. The summed E-state index contributed by atoms with van der Waals surface area (Å²) < 4.78 is 0.954. The number of carbonyl (C=O) groups is 2. The summed E-state index contributed by atoms with van der Waals surface area (Å²) in [6, 6.07) is 3.69. The second-order valence-corrected chi connectivity index (χ2v) is 6.40. The van der Waals surface area contributed by atoms with E-state index in [1.165, 1.54) is 17.5 Å². The number of pyridine rings is 1. The standard InChI is InChI=1S/C15H16N2O3S/c18-14(10-6-13-12(16-7-10)3-4-21-13)17-8-11(15(19)20)5-9-1-2-9/h3-4,6-7,9,11H,1-2,5,8H2,(H,17,18)(H,19,20). The van der Waals surface area contributed by atoms with E-state index in [4.69, 9.17) is 0 Å². The molecule has 6 heteroatoms. The second-order valence-electron chi connectivity index (χ2n) is 5.45. The summed E-state index contributed by atoms with van der Waals surface area (Å²) >= 11 is 1.53. The zero-order chi connectivity index (χ0) is 14.8. The van der Waals surface area contributed by atoms with Crippen molar-refractivity contribution in [2.45, 2.75) is 19.3 Å². The first-order chi connectivity index (χ1) is 10.1. The van der Waals surface area contributed by atoms with Crippen molar-refractivity contribution < 1.29 is 14.7 Å². The van der Waals surface area contributed by atoms with Crippen molar-refractivity contribution in [2.75, 3.05) is 6.54 Å². The van der Waals surface area contributed by atoms with Crippen LogP contribution in [0.15, 0.2) is 23.7 Å². The predicted octanol–water partition coefficient (Wildman–Crippen LogP) is 2.53. The van der Waals surface area contributed by atoms with Crippen molar-refractivity contribution in [3.8, 4) is 0 Å². The van der Waals surface area contributed by atoms with E-state index in [1.807, 2.05) is 11.4 Å². The zero-order valence-electron chi connectivity index (χ0n) is 11.4. The SMILES string of the molecule is O=C(NCC(CC1CC1)C(=O)O)c1cnc2ccsc2c1. The highest BCUT2D eigenvalue weighted by Gasteiger charge is 2.29. The highest BCUT2D eigenvalue weighted by molar-refractivity contribution is 7.17. The molecule has 0 aliphatic heterocycles. The Bertz CT molecular complexity index is 678. The van der Waals surface area contributed by atoms with Crippen LogP contribution in [0.25, 0.3) is 10.2 Å². The molecule has 0 radical (unpaired) electrons. The summed E-state index contributed by atoms with van der Waals surface area (Å²) in [4.78, 5) is 27.5. The van der Waals surface area contributed by atoms with E-state index < -0.39 is 11.9 Å². The predicted molar refractivity (Wildman–Crippen MR) is 80.4 cm³/mol. The van der Waals surface area contributed by atoms with Gasteiger partial charge in [0.15, 0.2) is 0 Å². The van der Waals surface area contributed by atoms with E-state index in [0.717, 1.165) is 23.1 Å². The van der Waals surface area contributed by atoms with Crippen LogP contribution in [-0.4, -0.2) is 28.5 Å². The van der Waals surface area contributed by atoms with E-state index >= 15 is 0 Å². The van der Waals surface area contributed by atoms with Gasteiger partial charge >= 0.3 is 5.97 Å². The molecule has 0 spiro atoms. The number of amides is 1. The Hall–Kier alpha value is -1.95. The maximum absolute atomic E-state index is 12.1. The van der Waals surface area contributed by atoms with Crippen molar-refractivity contribution in [3.05, 3.63) is 29.3 Å². The molecule has 1 unspecified atom stereocenters. The van der Waals surface area contributed by atoms with Gasteiger partial charge in [-0.3, -0.25) is 14.6 Å². The number of rotatable bonds is 6. The number of hydrogen-bond donors (Lipinski definition) is 2. The van der Waals surface area contributed by atoms with E-state index in [1.54, 1.807) is 6.07 Å². The summed E-state index contributed by atoms with van der Waals surface area (Å²) in [7, 11) is 0. The number of fused-ring (bicyclic) bond motifs is 1. The molecular formula is C15H16N2O3S. The number of nitrogens with one attached hydrogen (secondary N) is 1. The third kappa shape index (κ3) is 3.39. The van der Waals surface area contributed by atoms with Crippen molar-refractivity contribution >= 4 is 33.4 Å². The molecule has 1 aliphatic rings. The van der Waals surface area contributed by atoms with E-state index in [9.17, 15) is 14.7 Å². The molecule has 5 nitrogen and oxygen atoms in total. The normalized spacial score (nSPS) is 15.8. The van der Waals surface area contributed by atoms with Crippen LogP contribution >= 0.6 is 11.3 Å². The average Bonchev–Trinajstić information content (AvgIpc) is 3.16. The maximum Gasteiger partial charge on any atom is 0.308 e. The first kappa shape index (κ1) is 14.0. The number of aromatic nitrogens is 1. The number of thiophene rings is 1. The number of aliphatic carboxylic acids is 1. The van der Waals surface area contributed by atoms with Crippen LogP contribution in [0, 0.1) is 11.8 Å². The van der Waals surface area contributed by atoms with Gasteiger partial charge in [0, 0.05) is 12.7 Å². The van der Waals surface area contributed by atoms with Crippen molar-refractivity contribution in [2.24, 2.45) is 11.8 Å². The third-order valence-corrected chi connectivity index (χ3v) is 4.59. The molecule has 110 valence electrons. The van der Waals surface area contributed by atoms with E-state index in [0.29, 0.717) is 17.9 Å². The van der Waals surface area contributed by atoms with Gasteiger partial charge in [-0.15, -0.1) is 11.3 Å². The monoisotopic (exact) mass is 304 g/mol. The fourth-order valence-corrected chi connectivity index (χ4v) is 3.10. The molecule has 2 heterocycles. The molecule has 0 bridgehead atoms. The lowest BCUT2D eigenvalue weighted by atomic mass is 10.0. The minimum atomic E-state index is -0.839. The molecule has 0 saturated heterocycles. The van der Waals surface area contributed by atoms with Gasteiger partial charge in [0.05, 0.1) is 21.7 Å². The Balaban J connectivity index is 1.62. The lowest BCUT2D eigenvalue weighted by molar-refractivity contribution is -0.141. The Morgan fingerprint density at radius 3 is 3.00 bits per heavy atom.